The first-order chi connectivity index (χ1) is 10.2. The number of hydrogen-bond donors (Lipinski definition) is 1. The van der Waals surface area contributed by atoms with Crippen LogP contribution in [0, 0.1) is 5.92 Å². The fraction of sp³-hybridized carbons (Fsp3) is 0.938. The quantitative estimate of drug-likeness (QED) is 0.862. The molecule has 5 nitrogen and oxygen atoms in total. The molecule has 0 bridgehead atoms. The van der Waals surface area contributed by atoms with Gasteiger partial charge >= 0.3 is 5.97 Å². The van der Waals surface area contributed by atoms with Crippen molar-refractivity contribution in [2.24, 2.45) is 5.92 Å². The maximum atomic E-state index is 10.7. The van der Waals surface area contributed by atoms with Gasteiger partial charge in [0, 0.05) is 31.8 Å². The lowest BCUT2D eigenvalue weighted by Gasteiger charge is -2.43. The van der Waals surface area contributed by atoms with E-state index < -0.39 is 5.97 Å². The molecule has 2 saturated heterocycles. The minimum Gasteiger partial charge on any atom is -0.481 e. The topological polar surface area (TPSA) is 59.0 Å². The highest BCUT2D eigenvalue weighted by Crippen LogP contribution is 2.38. The predicted molar refractivity (Wildman–Crippen MR) is 78.1 cm³/mol. The molecule has 3 rings (SSSR count). The largest absolute Gasteiger partial charge is 0.481 e. The molecule has 1 aliphatic carbocycles. The molecule has 2 heterocycles. The summed E-state index contributed by atoms with van der Waals surface area (Å²) in [6.07, 6.45) is 7.84. The first kappa shape index (κ1) is 15.3. The van der Waals surface area contributed by atoms with Crippen LogP contribution < -0.4 is 0 Å². The molecule has 21 heavy (non-hydrogen) atoms. The van der Waals surface area contributed by atoms with Crippen LogP contribution in [0.25, 0.3) is 0 Å². The Balaban J connectivity index is 1.47. The van der Waals surface area contributed by atoms with Crippen LogP contribution in [0.3, 0.4) is 0 Å². The Labute approximate surface area is 126 Å². The van der Waals surface area contributed by atoms with Crippen molar-refractivity contribution in [1.82, 2.24) is 4.90 Å². The van der Waals surface area contributed by atoms with Gasteiger partial charge in [-0.05, 0) is 44.6 Å². The van der Waals surface area contributed by atoms with E-state index in [0.29, 0.717) is 18.4 Å². The second-order valence-corrected chi connectivity index (χ2v) is 6.77. The van der Waals surface area contributed by atoms with E-state index in [2.05, 4.69) is 4.90 Å². The van der Waals surface area contributed by atoms with Gasteiger partial charge in [0.05, 0.1) is 13.2 Å². The third-order valence-corrected chi connectivity index (χ3v) is 5.36. The first-order valence-corrected chi connectivity index (χ1v) is 8.41. The number of ether oxygens (including phenoxy) is 2. The molecule has 1 atom stereocenters. The monoisotopic (exact) mass is 297 g/mol. The van der Waals surface area contributed by atoms with Crippen LogP contribution in [-0.4, -0.2) is 54.1 Å². The van der Waals surface area contributed by atoms with Gasteiger partial charge in [0.25, 0.3) is 0 Å². The summed E-state index contributed by atoms with van der Waals surface area (Å²) in [6.45, 7) is 3.73. The number of piperidine rings is 1. The van der Waals surface area contributed by atoms with Crippen molar-refractivity contribution < 1.29 is 19.4 Å². The van der Waals surface area contributed by atoms with Gasteiger partial charge in [0.2, 0.25) is 0 Å². The summed E-state index contributed by atoms with van der Waals surface area (Å²) >= 11 is 0. The molecule has 3 fully saturated rings. The number of nitrogens with zero attached hydrogens (tertiary/aromatic N) is 1. The molecule has 1 N–H and O–H groups in total. The van der Waals surface area contributed by atoms with Crippen LogP contribution in [0.5, 0.6) is 0 Å². The summed E-state index contributed by atoms with van der Waals surface area (Å²) in [5.41, 5.74) is 0. The van der Waals surface area contributed by atoms with E-state index in [-0.39, 0.29) is 5.79 Å². The van der Waals surface area contributed by atoms with Crippen LogP contribution in [0.15, 0.2) is 0 Å². The van der Waals surface area contributed by atoms with Crippen molar-refractivity contribution in [3.8, 4) is 0 Å². The molecule has 0 amide bonds. The maximum absolute atomic E-state index is 10.7. The van der Waals surface area contributed by atoms with Gasteiger partial charge in [-0.2, -0.15) is 0 Å². The lowest BCUT2D eigenvalue weighted by Crippen LogP contribution is -2.47. The Morgan fingerprint density at radius 3 is 2.57 bits per heavy atom. The van der Waals surface area contributed by atoms with Crippen molar-refractivity contribution in [3.05, 3.63) is 0 Å². The zero-order chi connectivity index (χ0) is 14.7. The molecule has 5 heteroatoms. The highest BCUT2D eigenvalue weighted by Gasteiger charge is 2.41. The predicted octanol–water partition coefficient (Wildman–Crippen LogP) is 2.25. The van der Waals surface area contributed by atoms with Gasteiger partial charge in [-0.3, -0.25) is 4.79 Å². The fourth-order valence-corrected chi connectivity index (χ4v) is 4.19. The number of aliphatic carboxylic acids is 1. The van der Waals surface area contributed by atoms with Gasteiger partial charge in [-0.15, -0.1) is 0 Å². The van der Waals surface area contributed by atoms with Gasteiger partial charge in [0.1, 0.15) is 0 Å². The van der Waals surface area contributed by atoms with Crippen molar-refractivity contribution in [2.75, 3.05) is 26.3 Å². The van der Waals surface area contributed by atoms with E-state index >= 15 is 0 Å². The van der Waals surface area contributed by atoms with E-state index in [1.54, 1.807) is 0 Å². The lowest BCUT2D eigenvalue weighted by atomic mass is 9.86. The summed E-state index contributed by atoms with van der Waals surface area (Å²) in [7, 11) is 0. The summed E-state index contributed by atoms with van der Waals surface area (Å²) < 4.78 is 11.6. The molecule has 1 spiro atoms. The Kier molecular flexibility index (Phi) is 4.82. The standard InChI is InChI=1S/C16H27NO4/c18-15(19)4-3-13-2-1-9-17(12-13)14-5-7-16(8-6-14)20-10-11-21-16/h13-14H,1-12H2,(H,18,19). The Hall–Kier alpha value is -0.650. The third-order valence-electron chi connectivity index (χ3n) is 5.36. The third kappa shape index (κ3) is 3.76. The van der Waals surface area contributed by atoms with Crippen LogP contribution in [0.2, 0.25) is 0 Å². The van der Waals surface area contributed by atoms with E-state index in [1.807, 2.05) is 0 Å². The normalized spacial score (nSPS) is 30.8. The van der Waals surface area contributed by atoms with Gasteiger partial charge in [-0.1, -0.05) is 0 Å². The molecule has 0 aromatic rings. The fourth-order valence-electron chi connectivity index (χ4n) is 4.19. The summed E-state index contributed by atoms with van der Waals surface area (Å²) in [4.78, 5) is 13.3. The number of carbonyl (C=O) groups is 1. The molecule has 1 saturated carbocycles. The molecule has 120 valence electrons. The van der Waals surface area contributed by atoms with E-state index in [0.717, 1.165) is 51.9 Å². The molecule has 0 aromatic carbocycles. The van der Waals surface area contributed by atoms with Crippen molar-refractivity contribution in [3.63, 3.8) is 0 Å². The SMILES string of the molecule is O=C(O)CCC1CCCN(C2CCC3(CC2)OCCO3)C1. The molecule has 3 aliphatic rings. The number of hydrogen-bond acceptors (Lipinski definition) is 4. The zero-order valence-electron chi connectivity index (χ0n) is 12.8. The highest BCUT2D eigenvalue weighted by molar-refractivity contribution is 5.66. The number of likely N-dealkylation sites (tertiary alicyclic amines) is 1. The Morgan fingerprint density at radius 1 is 1.19 bits per heavy atom. The van der Waals surface area contributed by atoms with Crippen LogP contribution in [-0.2, 0) is 14.3 Å². The van der Waals surface area contributed by atoms with Crippen LogP contribution in [0.4, 0.5) is 0 Å². The summed E-state index contributed by atoms with van der Waals surface area (Å²) in [5.74, 6) is -0.374. The van der Waals surface area contributed by atoms with Crippen molar-refractivity contribution in [1.29, 1.82) is 0 Å². The maximum Gasteiger partial charge on any atom is 0.303 e. The Morgan fingerprint density at radius 2 is 1.90 bits per heavy atom. The van der Waals surface area contributed by atoms with E-state index in [9.17, 15) is 4.79 Å². The molecular weight excluding hydrogens is 270 g/mol. The van der Waals surface area contributed by atoms with Crippen molar-refractivity contribution >= 4 is 5.97 Å². The lowest BCUT2D eigenvalue weighted by molar-refractivity contribution is -0.184. The minimum absolute atomic E-state index is 0.269. The van der Waals surface area contributed by atoms with Crippen LogP contribution in [0.1, 0.15) is 51.4 Å². The highest BCUT2D eigenvalue weighted by atomic mass is 16.7. The molecule has 2 aliphatic heterocycles. The molecule has 0 radical (unpaired) electrons. The second-order valence-electron chi connectivity index (χ2n) is 6.77. The average Bonchev–Trinajstić information content (AvgIpc) is 2.94. The van der Waals surface area contributed by atoms with Crippen LogP contribution >= 0.6 is 0 Å². The van der Waals surface area contributed by atoms with Gasteiger partial charge in [0.15, 0.2) is 5.79 Å². The number of rotatable bonds is 4. The zero-order valence-corrected chi connectivity index (χ0v) is 12.8. The Bertz CT molecular complexity index is 357. The molecular formula is C16H27NO4. The molecule has 1 unspecified atom stereocenters. The second kappa shape index (κ2) is 6.63. The number of carboxylic acid groups (broad SMARTS) is 1. The van der Waals surface area contributed by atoms with E-state index in [1.165, 1.54) is 19.4 Å². The summed E-state index contributed by atoms with van der Waals surface area (Å²) in [6, 6.07) is 0.635. The average molecular weight is 297 g/mol. The smallest absolute Gasteiger partial charge is 0.303 e. The van der Waals surface area contributed by atoms with E-state index in [4.69, 9.17) is 14.6 Å². The summed E-state index contributed by atoms with van der Waals surface area (Å²) in [5, 5.41) is 8.84. The van der Waals surface area contributed by atoms with Gasteiger partial charge in [-0.25, -0.2) is 0 Å². The minimum atomic E-state index is -0.665. The van der Waals surface area contributed by atoms with Crippen molar-refractivity contribution in [2.45, 2.75) is 63.2 Å². The number of carboxylic acids is 1. The molecule has 0 aromatic heterocycles. The first-order valence-electron chi connectivity index (χ1n) is 8.41. The van der Waals surface area contributed by atoms with Gasteiger partial charge < -0.3 is 19.5 Å².